The quantitative estimate of drug-likeness (QED) is 0.549. The van der Waals surface area contributed by atoms with Crippen molar-refractivity contribution in [1.82, 2.24) is 15.0 Å². The Morgan fingerprint density at radius 3 is 2.79 bits per heavy atom. The molecule has 0 unspecified atom stereocenters. The molecule has 19 heavy (non-hydrogen) atoms. The number of carbonyl (C=O) groups excluding carboxylic acids is 1. The third-order valence-electron chi connectivity index (χ3n) is 2.20. The number of nitrogens with zero attached hydrogens (tertiary/aromatic N) is 3. The van der Waals surface area contributed by atoms with Gasteiger partial charge in [0.2, 0.25) is 17.8 Å². The number of hydrogen-bond donors (Lipinski definition) is 3. The first-order chi connectivity index (χ1) is 9.11. The molecule has 0 saturated heterocycles. The van der Waals surface area contributed by atoms with E-state index in [1.54, 1.807) is 0 Å². The van der Waals surface area contributed by atoms with Gasteiger partial charge in [-0.05, 0) is 19.3 Å². The molecule has 1 aromatic rings. The summed E-state index contributed by atoms with van der Waals surface area (Å²) < 4.78 is 5.29. The van der Waals surface area contributed by atoms with Gasteiger partial charge in [0.05, 0.1) is 6.61 Å². The van der Waals surface area contributed by atoms with Crippen LogP contribution in [-0.4, -0.2) is 34.0 Å². The predicted octanol–water partition coefficient (Wildman–Crippen LogP) is 0.310. The normalized spacial score (nSPS) is 10.2. The molecule has 8 nitrogen and oxygen atoms in total. The van der Waals surface area contributed by atoms with E-state index >= 15 is 0 Å². The molecule has 8 heteroatoms. The van der Waals surface area contributed by atoms with Crippen LogP contribution < -0.4 is 21.5 Å². The summed E-state index contributed by atoms with van der Waals surface area (Å²) in [4.78, 5) is 22.5. The van der Waals surface area contributed by atoms with Crippen molar-refractivity contribution in [3.63, 3.8) is 0 Å². The van der Waals surface area contributed by atoms with Gasteiger partial charge in [0.1, 0.15) is 0 Å². The lowest BCUT2D eigenvalue weighted by Crippen LogP contribution is -2.12. The number of unbranched alkanes of at least 4 members (excludes halogenated alkanes) is 1. The molecular weight excluding hydrogens is 248 g/mol. The molecule has 0 aliphatic carbocycles. The van der Waals surface area contributed by atoms with Gasteiger partial charge < -0.3 is 21.5 Å². The fraction of sp³-hybridized carbons (Fsp3) is 0.636. The Balaban J connectivity index is 2.40. The van der Waals surface area contributed by atoms with E-state index < -0.39 is 0 Å². The number of nitrogens with one attached hydrogen (secondary N) is 1. The summed E-state index contributed by atoms with van der Waals surface area (Å²) in [5.41, 5.74) is 10.6. The zero-order valence-corrected chi connectivity index (χ0v) is 11.1. The monoisotopic (exact) mass is 268 g/mol. The van der Waals surface area contributed by atoms with Crippen LogP contribution in [0.15, 0.2) is 0 Å². The summed E-state index contributed by atoms with van der Waals surface area (Å²) in [6.45, 7) is 3.15. The molecule has 0 saturated carbocycles. The lowest BCUT2D eigenvalue weighted by molar-refractivity contribution is -0.118. The summed E-state index contributed by atoms with van der Waals surface area (Å²) in [6, 6.07) is 0.217. The van der Waals surface area contributed by atoms with Gasteiger partial charge in [-0.25, -0.2) is 0 Å². The molecule has 1 heterocycles. The van der Waals surface area contributed by atoms with Crippen LogP contribution in [0, 0.1) is 0 Å². The van der Waals surface area contributed by atoms with Gasteiger partial charge in [-0.15, -0.1) is 0 Å². The minimum Gasteiger partial charge on any atom is -0.463 e. The molecule has 5 N–H and O–H groups in total. The van der Waals surface area contributed by atoms with Crippen LogP contribution in [0.4, 0.5) is 11.9 Å². The predicted molar refractivity (Wildman–Crippen MR) is 71.6 cm³/mol. The topological polar surface area (TPSA) is 129 Å². The average Bonchev–Trinajstić information content (AvgIpc) is 2.35. The van der Waals surface area contributed by atoms with E-state index in [-0.39, 0.29) is 17.9 Å². The highest BCUT2D eigenvalue weighted by molar-refractivity contribution is 5.73. The van der Waals surface area contributed by atoms with Crippen molar-refractivity contribution in [2.24, 2.45) is 5.73 Å². The molecule has 0 fully saturated rings. The lowest BCUT2D eigenvalue weighted by Gasteiger charge is -2.07. The second-order valence-electron chi connectivity index (χ2n) is 4.00. The number of aromatic nitrogens is 3. The highest BCUT2D eigenvalue weighted by Crippen LogP contribution is 2.09. The Labute approximate surface area is 112 Å². The number of carbonyl (C=O) groups is 1. The van der Waals surface area contributed by atoms with Gasteiger partial charge in [-0.3, -0.25) is 4.79 Å². The number of amides is 1. The van der Waals surface area contributed by atoms with Gasteiger partial charge in [0, 0.05) is 13.0 Å². The number of nitrogen functional groups attached to an aromatic ring is 1. The number of ether oxygens (including phenoxy) is 1. The van der Waals surface area contributed by atoms with Crippen LogP contribution in [-0.2, 0) is 4.79 Å². The number of anilines is 2. The molecule has 0 bridgehead atoms. The molecule has 0 spiro atoms. The second kappa shape index (κ2) is 8.06. The van der Waals surface area contributed by atoms with Crippen molar-refractivity contribution in [1.29, 1.82) is 0 Å². The Hall–Kier alpha value is -2.12. The van der Waals surface area contributed by atoms with E-state index in [4.69, 9.17) is 16.2 Å². The second-order valence-corrected chi connectivity index (χ2v) is 4.00. The van der Waals surface area contributed by atoms with Gasteiger partial charge in [-0.2, -0.15) is 15.0 Å². The Morgan fingerprint density at radius 2 is 2.11 bits per heavy atom. The third kappa shape index (κ3) is 6.39. The summed E-state index contributed by atoms with van der Waals surface area (Å²) in [7, 11) is 0. The van der Waals surface area contributed by atoms with Crippen LogP contribution in [0.3, 0.4) is 0 Å². The number of rotatable bonds is 9. The van der Waals surface area contributed by atoms with E-state index in [0.29, 0.717) is 25.5 Å². The third-order valence-corrected chi connectivity index (χ3v) is 2.20. The zero-order valence-electron chi connectivity index (χ0n) is 11.1. The Bertz CT molecular complexity index is 412. The average molecular weight is 268 g/mol. The Kier molecular flexibility index (Phi) is 6.34. The number of nitrogens with two attached hydrogens (primary N) is 2. The van der Waals surface area contributed by atoms with E-state index in [2.05, 4.69) is 20.3 Å². The fourth-order valence-electron chi connectivity index (χ4n) is 1.33. The smallest absolute Gasteiger partial charge is 0.323 e. The molecular formula is C11H20N6O2. The van der Waals surface area contributed by atoms with Gasteiger partial charge >= 0.3 is 6.01 Å². The molecule has 0 aliphatic rings. The van der Waals surface area contributed by atoms with Crippen molar-refractivity contribution in [2.75, 3.05) is 24.2 Å². The summed E-state index contributed by atoms with van der Waals surface area (Å²) in [5.74, 6) is 0.193. The fourth-order valence-corrected chi connectivity index (χ4v) is 1.33. The number of hydrogen-bond acceptors (Lipinski definition) is 7. The maximum atomic E-state index is 10.6. The van der Waals surface area contributed by atoms with Crippen molar-refractivity contribution in [3.8, 4) is 6.01 Å². The van der Waals surface area contributed by atoms with Gasteiger partial charge in [-0.1, -0.05) is 6.92 Å². The van der Waals surface area contributed by atoms with Crippen molar-refractivity contribution in [3.05, 3.63) is 0 Å². The van der Waals surface area contributed by atoms with E-state index in [1.165, 1.54) is 0 Å². The van der Waals surface area contributed by atoms with Crippen LogP contribution >= 0.6 is 0 Å². The van der Waals surface area contributed by atoms with Crippen molar-refractivity contribution < 1.29 is 9.53 Å². The van der Waals surface area contributed by atoms with Crippen LogP contribution in [0.1, 0.15) is 32.6 Å². The standard InChI is InChI=1S/C11H20N6O2/c1-2-7-19-11-16-9(13)15-10(17-11)14-6-4-3-5-8(12)18/h2-7H2,1H3,(H2,12,18)(H3,13,14,15,16,17). The molecule has 0 aliphatic heterocycles. The van der Waals surface area contributed by atoms with Crippen LogP contribution in [0.5, 0.6) is 6.01 Å². The largest absolute Gasteiger partial charge is 0.463 e. The van der Waals surface area contributed by atoms with E-state index in [1.807, 2.05) is 6.92 Å². The minimum atomic E-state index is -0.292. The molecule has 0 atom stereocenters. The molecule has 1 rings (SSSR count). The molecule has 1 amide bonds. The summed E-state index contributed by atoms with van der Waals surface area (Å²) in [6.07, 6.45) is 2.76. The SMILES string of the molecule is CCCOc1nc(N)nc(NCCCCC(N)=O)n1. The molecule has 0 aromatic carbocycles. The van der Waals surface area contributed by atoms with Crippen molar-refractivity contribution in [2.45, 2.75) is 32.6 Å². The van der Waals surface area contributed by atoms with Crippen LogP contribution in [0.25, 0.3) is 0 Å². The lowest BCUT2D eigenvalue weighted by atomic mass is 10.2. The first-order valence-electron chi connectivity index (χ1n) is 6.28. The maximum Gasteiger partial charge on any atom is 0.323 e. The minimum absolute atomic E-state index is 0.112. The van der Waals surface area contributed by atoms with E-state index in [0.717, 1.165) is 19.3 Å². The van der Waals surface area contributed by atoms with Crippen LogP contribution in [0.2, 0.25) is 0 Å². The zero-order chi connectivity index (χ0) is 14.1. The molecule has 1 aromatic heterocycles. The van der Waals surface area contributed by atoms with Gasteiger partial charge in [0.25, 0.3) is 0 Å². The first-order valence-corrected chi connectivity index (χ1v) is 6.28. The number of primary amides is 1. The Morgan fingerprint density at radius 1 is 1.32 bits per heavy atom. The maximum absolute atomic E-state index is 10.6. The summed E-state index contributed by atoms with van der Waals surface area (Å²) >= 11 is 0. The summed E-state index contributed by atoms with van der Waals surface area (Å²) in [5, 5.41) is 3.00. The highest BCUT2D eigenvalue weighted by atomic mass is 16.5. The van der Waals surface area contributed by atoms with Crippen molar-refractivity contribution >= 4 is 17.8 Å². The molecule has 0 radical (unpaired) electrons. The molecule has 106 valence electrons. The van der Waals surface area contributed by atoms with E-state index in [9.17, 15) is 4.79 Å². The first kappa shape index (κ1) is 14.9. The van der Waals surface area contributed by atoms with Gasteiger partial charge in [0.15, 0.2) is 0 Å². The highest BCUT2D eigenvalue weighted by Gasteiger charge is 2.04.